The molecule has 1 aromatic heterocycles. The van der Waals surface area contributed by atoms with Crippen LogP contribution in [0.4, 0.5) is 5.69 Å². The van der Waals surface area contributed by atoms with Gasteiger partial charge in [0.05, 0.1) is 11.2 Å². The lowest BCUT2D eigenvalue weighted by Crippen LogP contribution is -2.09. The molecular weight excluding hydrogens is 210 g/mol. The average molecular weight is 227 g/mol. The number of para-hydroxylation sites is 1. The minimum atomic E-state index is 0.617. The number of rotatable bonds is 2. The largest absolute Gasteiger partial charge is 0.323 e. The van der Waals surface area contributed by atoms with Crippen LogP contribution in [0.3, 0.4) is 0 Å². The maximum Gasteiger partial charge on any atom is 0.0726 e. The van der Waals surface area contributed by atoms with Crippen LogP contribution in [0.1, 0.15) is 37.3 Å². The molecule has 1 aliphatic rings. The van der Waals surface area contributed by atoms with E-state index in [1.165, 1.54) is 31.4 Å². The third-order valence-electron chi connectivity index (χ3n) is 3.66. The first-order valence-corrected chi connectivity index (χ1v) is 6.25. The van der Waals surface area contributed by atoms with Crippen molar-refractivity contribution in [3.63, 3.8) is 0 Å². The zero-order valence-electron chi connectivity index (χ0n) is 9.82. The van der Waals surface area contributed by atoms with Gasteiger partial charge in [-0.05, 0) is 25.0 Å². The van der Waals surface area contributed by atoms with E-state index in [4.69, 9.17) is 10.8 Å². The maximum absolute atomic E-state index is 5.61. The van der Waals surface area contributed by atoms with Crippen molar-refractivity contribution < 1.29 is 0 Å². The second-order valence-corrected chi connectivity index (χ2v) is 4.74. The van der Waals surface area contributed by atoms with Crippen LogP contribution >= 0.6 is 0 Å². The molecule has 88 valence electrons. The molecule has 1 aliphatic carbocycles. The van der Waals surface area contributed by atoms with E-state index in [1.54, 1.807) is 0 Å². The Labute approximate surface area is 101 Å². The van der Waals surface area contributed by atoms with E-state index < -0.39 is 0 Å². The fourth-order valence-electron chi connectivity index (χ4n) is 2.75. The van der Waals surface area contributed by atoms with E-state index in [9.17, 15) is 0 Å². The summed E-state index contributed by atoms with van der Waals surface area (Å²) in [5, 5.41) is 1.09. The molecule has 0 bridgehead atoms. The van der Waals surface area contributed by atoms with Crippen molar-refractivity contribution in [2.75, 3.05) is 5.43 Å². The molecule has 0 aliphatic heterocycles. The fraction of sp³-hybridized carbons (Fsp3) is 0.357. The van der Waals surface area contributed by atoms with Gasteiger partial charge in [-0.1, -0.05) is 31.0 Å². The quantitative estimate of drug-likeness (QED) is 0.612. The summed E-state index contributed by atoms with van der Waals surface area (Å²) >= 11 is 0. The van der Waals surface area contributed by atoms with Gasteiger partial charge in [0.2, 0.25) is 0 Å². The number of nitrogens with one attached hydrogen (secondary N) is 1. The van der Waals surface area contributed by atoms with Crippen LogP contribution in [0.5, 0.6) is 0 Å². The average Bonchev–Trinajstić information content (AvgIpc) is 2.91. The molecule has 3 N–H and O–H groups in total. The molecule has 0 radical (unpaired) electrons. The summed E-state index contributed by atoms with van der Waals surface area (Å²) in [5.74, 6) is 6.22. The van der Waals surface area contributed by atoms with Crippen LogP contribution in [0, 0.1) is 0 Å². The Morgan fingerprint density at radius 2 is 1.94 bits per heavy atom. The molecule has 3 rings (SSSR count). The van der Waals surface area contributed by atoms with Gasteiger partial charge < -0.3 is 5.43 Å². The van der Waals surface area contributed by atoms with Crippen molar-refractivity contribution in [1.29, 1.82) is 0 Å². The van der Waals surface area contributed by atoms with Gasteiger partial charge in [-0.25, -0.2) is 0 Å². The maximum atomic E-state index is 5.61. The van der Waals surface area contributed by atoms with E-state index in [0.29, 0.717) is 5.92 Å². The van der Waals surface area contributed by atoms with Crippen molar-refractivity contribution in [2.45, 2.75) is 31.6 Å². The Morgan fingerprint density at radius 1 is 1.18 bits per heavy atom. The van der Waals surface area contributed by atoms with Crippen molar-refractivity contribution in [3.8, 4) is 0 Å². The number of hydrazine groups is 1. The van der Waals surface area contributed by atoms with Gasteiger partial charge in [-0.3, -0.25) is 10.8 Å². The van der Waals surface area contributed by atoms with Crippen LogP contribution in [-0.4, -0.2) is 4.98 Å². The fourth-order valence-corrected chi connectivity index (χ4v) is 2.75. The normalized spacial score (nSPS) is 16.5. The first-order valence-electron chi connectivity index (χ1n) is 6.25. The number of nitrogens with two attached hydrogens (primary N) is 1. The van der Waals surface area contributed by atoms with E-state index in [1.807, 2.05) is 12.1 Å². The molecule has 1 aromatic carbocycles. The molecule has 17 heavy (non-hydrogen) atoms. The first-order chi connectivity index (χ1) is 8.38. The number of anilines is 1. The van der Waals surface area contributed by atoms with Crippen LogP contribution < -0.4 is 11.3 Å². The number of hydrogen-bond acceptors (Lipinski definition) is 3. The van der Waals surface area contributed by atoms with E-state index in [2.05, 4.69) is 23.6 Å². The lowest BCUT2D eigenvalue weighted by Gasteiger charge is -2.13. The summed E-state index contributed by atoms with van der Waals surface area (Å²) in [6.07, 6.45) is 5.17. The highest BCUT2D eigenvalue weighted by atomic mass is 15.2. The topological polar surface area (TPSA) is 50.9 Å². The number of nitrogen functional groups attached to an aromatic ring is 1. The molecule has 1 fully saturated rings. The molecular formula is C14H17N3. The summed E-state index contributed by atoms with van der Waals surface area (Å²) in [4.78, 5) is 4.77. The van der Waals surface area contributed by atoms with Crippen molar-refractivity contribution in [3.05, 3.63) is 36.0 Å². The number of benzene rings is 1. The number of fused-ring (bicyclic) bond motifs is 1. The molecule has 1 heterocycles. The minimum absolute atomic E-state index is 0.617. The molecule has 0 amide bonds. The minimum Gasteiger partial charge on any atom is -0.323 e. The second kappa shape index (κ2) is 4.34. The van der Waals surface area contributed by atoms with Gasteiger partial charge in [0, 0.05) is 17.0 Å². The highest BCUT2D eigenvalue weighted by Crippen LogP contribution is 2.35. The second-order valence-electron chi connectivity index (χ2n) is 4.74. The van der Waals surface area contributed by atoms with Gasteiger partial charge in [0.15, 0.2) is 0 Å². The summed E-state index contributed by atoms with van der Waals surface area (Å²) in [6.45, 7) is 0. The lowest BCUT2D eigenvalue weighted by molar-refractivity contribution is 0.701. The Bertz CT molecular complexity index is 530. The van der Waals surface area contributed by atoms with Crippen LogP contribution in [0.15, 0.2) is 30.3 Å². The summed E-state index contributed by atoms with van der Waals surface area (Å²) in [7, 11) is 0. The molecule has 2 aromatic rings. The lowest BCUT2D eigenvalue weighted by atomic mass is 10.0. The highest BCUT2D eigenvalue weighted by molar-refractivity contribution is 5.91. The number of hydrogen-bond donors (Lipinski definition) is 2. The van der Waals surface area contributed by atoms with Crippen LogP contribution in [0.2, 0.25) is 0 Å². The van der Waals surface area contributed by atoms with Gasteiger partial charge >= 0.3 is 0 Å². The number of aromatic nitrogens is 1. The summed E-state index contributed by atoms with van der Waals surface area (Å²) in [6, 6.07) is 10.2. The molecule has 0 unspecified atom stereocenters. The zero-order valence-corrected chi connectivity index (χ0v) is 9.82. The summed E-state index contributed by atoms with van der Waals surface area (Å²) < 4.78 is 0. The van der Waals surface area contributed by atoms with Crippen LogP contribution in [0.25, 0.3) is 10.9 Å². The van der Waals surface area contributed by atoms with Gasteiger partial charge in [-0.2, -0.15) is 0 Å². The SMILES string of the molecule is NNc1cc(C2CCCC2)nc2ccccc12. The molecule has 3 nitrogen and oxygen atoms in total. The molecule has 0 spiro atoms. The van der Waals surface area contributed by atoms with Crippen molar-refractivity contribution in [2.24, 2.45) is 5.84 Å². The smallest absolute Gasteiger partial charge is 0.0726 e. The molecule has 0 atom stereocenters. The molecule has 1 saturated carbocycles. The van der Waals surface area contributed by atoms with Crippen LogP contribution in [-0.2, 0) is 0 Å². The van der Waals surface area contributed by atoms with Crippen molar-refractivity contribution >= 4 is 16.6 Å². The number of nitrogens with zero attached hydrogens (tertiary/aromatic N) is 1. The highest BCUT2D eigenvalue weighted by Gasteiger charge is 2.19. The molecule has 0 saturated heterocycles. The predicted molar refractivity (Wildman–Crippen MR) is 70.8 cm³/mol. The van der Waals surface area contributed by atoms with Crippen molar-refractivity contribution in [1.82, 2.24) is 4.98 Å². The third-order valence-corrected chi connectivity index (χ3v) is 3.66. The number of pyridine rings is 1. The van der Waals surface area contributed by atoms with Gasteiger partial charge in [0.1, 0.15) is 0 Å². The zero-order chi connectivity index (χ0) is 11.7. The third kappa shape index (κ3) is 1.87. The standard InChI is InChI=1S/C14H17N3/c15-17-14-9-13(10-5-1-2-6-10)16-12-8-4-3-7-11(12)14/h3-4,7-10H,1-2,5-6,15H2,(H,16,17). The monoisotopic (exact) mass is 227 g/mol. The predicted octanol–water partition coefficient (Wildman–Crippen LogP) is 3.18. The van der Waals surface area contributed by atoms with Gasteiger partial charge in [0.25, 0.3) is 0 Å². The summed E-state index contributed by atoms with van der Waals surface area (Å²) in [5.41, 5.74) is 6.00. The Hall–Kier alpha value is -1.61. The van der Waals surface area contributed by atoms with E-state index >= 15 is 0 Å². The van der Waals surface area contributed by atoms with E-state index in [0.717, 1.165) is 16.6 Å². The van der Waals surface area contributed by atoms with E-state index in [-0.39, 0.29) is 0 Å². The van der Waals surface area contributed by atoms with Gasteiger partial charge in [-0.15, -0.1) is 0 Å². The molecule has 3 heteroatoms. The Balaban J connectivity index is 2.13. The Morgan fingerprint density at radius 3 is 2.71 bits per heavy atom. The Kier molecular flexibility index (Phi) is 2.69. The first kappa shape index (κ1) is 10.5.